The topological polar surface area (TPSA) is 50.1 Å². The average molecular weight is 181 g/mol. The smallest absolute Gasteiger partial charge is 0.0492 e. The Hall–Kier alpha value is -0.870. The van der Waals surface area contributed by atoms with Crippen LogP contribution in [-0.4, -0.2) is 34.6 Å². The van der Waals surface area contributed by atoms with E-state index in [-0.39, 0.29) is 6.61 Å². The van der Waals surface area contributed by atoms with Gasteiger partial charge in [-0.15, -0.1) is 0 Å². The molecule has 2 unspecified atom stereocenters. The summed E-state index contributed by atoms with van der Waals surface area (Å²) in [6, 6.07) is 2.03. The van der Waals surface area contributed by atoms with Gasteiger partial charge in [-0.25, -0.2) is 0 Å². The first-order chi connectivity index (χ1) is 6.33. The molecule has 1 aromatic rings. The summed E-state index contributed by atoms with van der Waals surface area (Å²) in [5.41, 5.74) is 1.21. The van der Waals surface area contributed by atoms with Gasteiger partial charge in [0.1, 0.15) is 0 Å². The van der Waals surface area contributed by atoms with Crippen LogP contribution in [0.5, 0.6) is 0 Å². The van der Waals surface area contributed by atoms with Crippen molar-refractivity contribution in [1.82, 2.24) is 15.1 Å². The van der Waals surface area contributed by atoms with Crippen LogP contribution in [-0.2, 0) is 7.05 Å². The molecular formula is C9H15N3O. The third-order valence-corrected chi connectivity index (χ3v) is 2.81. The van der Waals surface area contributed by atoms with E-state index in [1.54, 1.807) is 0 Å². The minimum Gasteiger partial charge on any atom is -0.396 e. The van der Waals surface area contributed by atoms with E-state index in [0.717, 1.165) is 13.1 Å². The maximum Gasteiger partial charge on any atom is 0.0492 e. The predicted molar refractivity (Wildman–Crippen MR) is 49.4 cm³/mol. The highest BCUT2D eigenvalue weighted by molar-refractivity contribution is 5.12. The van der Waals surface area contributed by atoms with Crippen molar-refractivity contribution < 1.29 is 5.11 Å². The summed E-state index contributed by atoms with van der Waals surface area (Å²) >= 11 is 0. The number of aliphatic hydroxyl groups excluding tert-OH is 1. The minimum atomic E-state index is 0.253. The number of rotatable bonds is 2. The lowest BCUT2D eigenvalue weighted by atomic mass is 9.94. The van der Waals surface area contributed by atoms with Gasteiger partial charge in [0.2, 0.25) is 0 Å². The van der Waals surface area contributed by atoms with Gasteiger partial charge < -0.3 is 10.4 Å². The Labute approximate surface area is 77.6 Å². The van der Waals surface area contributed by atoms with Crippen molar-refractivity contribution in [3.05, 3.63) is 18.0 Å². The molecule has 1 aliphatic rings. The van der Waals surface area contributed by atoms with Crippen LogP contribution in [0.4, 0.5) is 0 Å². The number of aryl methyl sites for hydroxylation is 1. The molecule has 2 heterocycles. The van der Waals surface area contributed by atoms with E-state index in [1.807, 2.05) is 24.0 Å². The van der Waals surface area contributed by atoms with Crippen molar-refractivity contribution >= 4 is 0 Å². The Balaban J connectivity index is 2.20. The predicted octanol–water partition coefficient (Wildman–Crippen LogP) is -0.285. The molecule has 1 saturated heterocycles. The van der Waals surface area contributed by atoms with Gasteiger partial charge in [0.15, 0.2) is 0 Å². The first-order valence-corrected chi connectivity index (χ1v) is 4.62. The normalized spacial score (nSPS) is 28.2. The van der Waals surface area contributed by atoms with Gasteiger partial charge in [0.25, 0.3) is 0 Å². The third kappa shape index (κ3) is 1.47. The van der Waals surface area contributed by atoms with E-state index in [1.165, 1.54) is 5.69 Å². The molecule has 0 aliphatic carbocycles. The molecule has 4 nitrogen and oxygen atoms in total. The summed E-state index contributed by atoms with van der Waals surface area (Å²) in [5, 5.41) is 16.6. The largest absolute Gasteiger partial charge is 0.396 e. The molecule has 13 heavy (non-hydrogen) atoms. The summed E-state index contributed by atoms with van der Waals surface area (Å²) in [5.74, 6) is 0.757. The standard InChI is InChI=1S/C9H15N3O/c1-12-9(2-3-11-12)8-5-10-4-7(8)6-13/h2-3,7-8,10,13H,4-6H2,1H3. The van der Waals surface area contributed by atoms with Crippen molar-refractivity contribution in [2.75, 3.05) is 19.7 Å². The zero-order valence-electron chi connectivity index (χ0n) is 7.77. The highest BCUT2D eigenvalue weighted by atomic mass is 16.3. The molecule has 0 spiro atoms. The number of hydrogen-bond donors (Lipinski definition) is 2. The Morgan fingerprint density at radius 3 is 3.15 bits per heavy atom. The van der Waals surface area contributed by atoms with E-state index in [0.29, 0.717) is 11.8 Å². The number of nitrogens with one attached hydrogen (secondary N) is 1. The maximum atomic E-state index is 9.16. The first kappa shape index (κ1) is 8.72. The van der Waals surface area contributed by atoms with Gasteiger partial charge in [-0.3, -0.25) is 4.68 Å². The van der Waals surface area contributed by atoms with Crippen LogP contribution in [0.3, 0.4) is 0 Å². The second kappa shape index (κ2) is 3.47. The average Bonchev–Trinajstić information content (AvgIpc) is 2.71. The quantitative estimate of drug-likeness (QED) is 0.659. The van der Waals surface area contributed by atoms with Crippen LogP contribution in [0.15, 0.2) is 12.3 Å². The van der Waals surface area contributed by atoms with Gasteiger partial charge in [-0.05, 0) is 6.07 Å². The van der Waals surface area contributed by atoms with Gasteiger partial charge in [0, 0.05) is 50.5 Å². The zero-order valence-corrected chi connectivity index (χ0v) is 7.77. The molecule has 2 rings (SSSR count). The number of nitrogens with zero attached hydrogens (tertiary/aromatic N) is 2. The van der Waals surface area contributed by atoms with E-state index in [4.69, 9.17) is 5.11 Å². The lowest BCUT2D eigenvalue weighted by molar-refractivity contribution is 0.224. The molecule has 2 atom stereocenters. The minimum absolute atomic E-state index is 0.253. The van der Waals surface area contributed by atoms with Crippen molar-refractivity contribution in [1.29, 1.82) is 0 Å². The highest BCUT2D eigenvalue weighted by Crippen LogP contribution is 2.26. The fraction of sp³-hybridized carbons (Fsp3) is 0.667. The van der Waals surface area contributed by atoms with E-state index < -0.39 is 0 Å². The number of aliphatic hydroxyl groups is 1. The fourth-order valence-corrected chi connectivity index (χ4v) is 2.02. The Morgan fingerprint density at radius 1 is 1.69 bits per heavy atom. The molecular weight excluding hydrogens is 166 g/mol. The number of aromatic nitrogens is 2. The maximum absolute atomic E-state index is 9.16. The molecule has 1 aromatic heterocycles. The lowest BCUT2D eigenvalue weighted by Gasteiger charge is -2.15. The molecule has 0 radical (unpaired) electrons. The van der Waals surface area contributed by atoms with Gasteiger partial charge >= 0.3 is 0 Å². The van der Waals surface area contributed by atoms with Gasteiger partial charge in [-0.2, -0.15) is 5.10 Å². The van der Waals surface area contributed by atoms with E-state index in [2.05, 4.69) is 10.4 Å². The van der Waals surface area contributed by atoms with Crippen LogP contribution < -0.4 is 5.32 Å². The zero-order chi connectivity index (χ0) is 9.26. The fourth-order valence-electron chi connectivity index (χ4n) is 2.02. The Morgan fingerprint density at radius 2 is 2.54 bits per heavy atom. The van der Waals surface area contributed by atoms with E-state index in [9.17, 15) is 0 Å². The molecule has 4 heteroatoms. The second-order valence-electron chi connectivity index (χ2n) is 3.59. The van der Waals surface area contributed by atoms with Crippen LogP contribution >= 0.6 is 0 Å². The monoisotopic (exact) mass is 181 g/mol. The summed E-state index contributed by atoms with van der Waals surface area (Å²) in [7, 11) is 1.95. The van der Waals surface area contributed by atoms with Gasteiger partial charge in [-0.1, -0.05) is 0 Å². The lowest BCUT2D eigenvalue weighted by Crippen LogP contribution is -2.17. The van der Waals surface area contributed by atoms with Crippen molar-refractivity contribution in [3.8, 4) is 0 Å². The summed E-state index contributed by atoms with van der Waals surface area (Å²) < 4.78 is 1.89. The molecule has 0 bridgehead atoms. The van der Waals surface area contributed by atoms with Gasteiger partial charge in [0.05, 0.1) is 0 Å². The summed E-state index contributed by atoms with van der Waals surface area (Å²) in [6.45, 7) is 2.11. The molecule has 1 fully saturated rings. The second-order valence-corrected chi connectivity index (χ2v) is 3.59. The first-order valence-electron chi connectivity index (χ1n) is 4.62. The Kier molecular flexibility index (Phi) is 2.33. The van der Waals surface area contributed by atoms with Crippen molar-refractivity contribution in [3.63, 3.8) is 0 Å². The molecule has 0 saturated carbocycles. The van der Waals surface area contributed by atoms with Crippen molar-refractivity contribution in [2.24, 2.45) is 13.0 Å². The SMILES string of the molecule is Cn1nccc1C1CNCC1CO. The summed E-state index contributed by atoms with van der Waals surface area (Å²) in [6.07, 6.45) is 1.81. The molecule has 0 amide bonds. The molecule has 0 aromatic carbocycles. The van der Waals surface area contributed by atoms with E-state index >= 15 is 0 Å². The third-order valence-electron chi connectivity index (χ3n) is 2.81. The van der Waals surface area contributed by atoms with Crippen LogP contribution in [0, 0.1) is 5.92 Å². The Bertz CT molecular complexity index is 284. The van der Waals surface area contributed by atoms with Crippen molar-refractivity contribution in [2.45, 2.75) is 5.92 Å². The number of hydrogen-bond acceptors (Lipinski definition) is 3. The van der Waals surface area contributed by atoms with Crippen LogP contribution in [0.25, 0.3) is 0 Å². The molecule has 1 aliphatic heterocycles. The molecule has 72 valence electrons. The van der Waals surface area contributed by atoms with Crippen LogP contribution in [0.1, 0.15) is 11.6 Å². The summed E-state index contributed by atoms with van der Waals surface area (Å²) in [4.78, 5) is 0. The highest BCUT2D eigenvalue weighted by Gasteiger charge is 2.29. The molecule has 2 N–H and O–H groups in total. The van der Waals surface area contributed by atoms with Crippen LogP contribution in [0.2, 0.25) is 0 Å².